The second-order valence-corrected chi connectivity index (χ2v) is 6.02. The molecule has 1 aromatic heterocycles. The number of nitrogens with one attached hydrogen (secondary N) is 1. The van der Waals surface area contributed by atoms with Gasteiger partial charge in [0.25, 0.3) is 0 Å². The van der Waals surface area contributed by atoms with Crippen molar-refractivity contribution in [3.8, 4) is 0 Å². The number of ether oxygens (including phenoxy) is 1. The van der Waals surface area contributed by atoms with Crippen molar-refractivity contribution in [2.24, 2.45) is 0 Å². The van der Waals surface area contributed by atoms with E-state index < -0.39 is 36.0 Å². The van der Waals surface area contributed by atoms with Crippen LogP contribution in [0.15, 0.2) is 29.1 Å². The molecule has 0 saturated heterocycles. The first-order valence-electron chi connectivity index (χ1n) is 8.27. The van der Waals surface area contributed by atoms with E-state index in [1.807, 2.05) is 0 Å². The Hall–Kier alpha value is -3.17. The molecule has 1 amide bonds. The summed E-state index contributed by atoms with van der Waals surface area (Å²) in [6.45, 7) is 1.09. The van der Waals surface area contributed by atoms with Gasteiger partial charge < -0.3 is 9.72 Å². The number of aromatic amines is 1. The quantitative estimate of drug-likeness (QED) is 0.788. The molecule has 1 N–H and O–H groups in total. The summed E-state index contributed by atoms with van der Waals surface area (Å²) in [7, 11) is 0. The van der Waals surface area contributed by atoms with E-state index in [0.717, 1.165) is 4.90 Å². The van der Waals surface area contributed by atoms with Crippen LogP contribution >= 0.6 is 0 Å². The monoisotopic (exact) mass is 397 g/mol. The molecule has 0 radical (unpaired) electrons. The Morgan fingerprint density at radius 2 is 1.96 bits per heavy atom. The highest BCUT2D eigenvalue weighted by Gasteiger charge is 2.39. The summed E-state index contributed by atoms with van der Waals surface area (Å²) in [5, 5.41) is 0. The molecule has 0 spiro atoms. The Bertz CT molecular complexity index is 981. The minimum absolute atomic E-state index is 0.0508. The summed E-state index contributed by atoms with van der Waals surface area (Å²) in [5.74, 6) is -0.478. The average Bonchev–Trinajstić information content (AvgIpc) is 2.62. The number of carbonyl (C=O) groups excluding carboxylic acids is 1. The van der Waals surface area contributed by atoms with E-state index in [1.54, 1.807) is 11.9 Å². The maximum atomic E-state index is 13.4. The minimum Gasteiger partial charge on any atom is -0.450 e. The third kappa shape index (κ3) is 4.05. The molecule has 1 aromatic carbocycles. The van der Waals surface area contributed by atoms with Gasteiger partial charge in [-0.2, -0.15) is 18.2 Å². The van der Waals surface area contributed by atoms with Crippen molar-refractivity contribution in [3.63, 3.8) is 0 Å². The number of H-pyrrole nitrogens is 1. The highest BCUT2D eigenvalue weighted by molar-refractivity contribution is 5.86. The zero-order valence-corrected chi connectivity index (χ0v) is 14.6. The fraction of sp³-hybridized carbons (Fsp3) is 0.278. The molecule has 3 rings (SSSR count). The van der Waals surface area contributed by atoms with E-state index in [0.29, 0.717) is 5.56 Å². The van der Waals surface area contributed by atoms with E-state index in [4.69, 9.17) is 4.74 Å². The smallest absolute Gasteiger partial charge is 0.431 e. The lowest BCUT2D eigenvalue weighted by molar-refractivity contribution is -0.142. The number of fused-ring (bicyclic) bond motifs is 1. The van der Waals surface area contributed by atoms with Gasteiger partial charge in [-0.3, -0.25) is 4.90 Å². The molecule has 1 aliphatic rings. The Labute approximate surface area is 156 Å². The van der Waals surface area contributed by atoms with Gasteiger partial charge in [0.1, 0.15) is 11.5 Å². The molecule has 0 saturated carbocycles. The standard InChI is InChI=1S/C18H15F4N3O3/c1-2-28-17(27)25-8-11(7-10-3-5-12(19)6-4-10)14-13(9-25)15(18(20,21)22)24-16(26)23-14/h3-7H,2,8-9H2,1H3,(H,23,24,26). The number of alkyl halides is 3. The van der Waals surface area contributed by atoms with Gasteiger partial charge in [-0.15, -0.1) is 0 Å². The maximum Gasteiger partial charge on any atom is 0.431 e. The molecule has 1 aliphatic heterocycles. The summed E-state index contributed by atoms with van der Waals surface area (Å²) >= 11 is 0. The van der Waals surface area contributed by atoms with Gasteiger partial charge in [0.15, 0.2) is 0 Å². The number of aromatic nitrogens is 2. The van der Waals surface area contributed by atoms with E-state index in [-0.39, 0.29) is 30.0 Å². The molecule has 148 valence electrons. The number of nitrogens with zero attached hydrogens (tertiary/aromatic N) is 2. The van der Waals surface area contributed by atoms with Gasteiger partial charge in [-0.25, -0.2) is 14.0 Å². The molecule has 6 nitrogen and oxygen atoms in total. The maximum absolute atomic E-state index is 13.4. The average molecular weight is 397 g/mol. The molecule has 0 atom stereocenters. The van der Waals surface area contributed by atoms with Crippen molar-refractivity contribution in [1.29, 1.82) is 0 Å². The Balaban J connectivity index is 2.17. The molecule has 2 aromatic rings. The van der Waals surface area contributed by atoms with Crippen LogP contribution in [0.5, 0.6) is 0 Å². The van der Waals surface area contributed by atoms with E-state index in [1.165, 1.54) is 30.3 Å². The lowest BCUT2D eigenvalue weighted by Crippen LogP contribution is -2.39. The normalized spacial score (nSPS) is 15.5. The summed E-state index contributed by atoms with van der Waals surface area (Å²) in [4.78, 5) is 30.3. The van der Waals surface area contributed by atoms with Gasteiger partial charge in [-0.1, -0.05) is 12.1 Å². The van der Waals surface area contributed by atoms with E-state index >= 15 is 0 Å². The third-order valence-electron chi connectivity index (χ3n) is 4.07. The van der Waals surface area contributed by atoms with Gasteiger partial charge >= 0.3 is 18.0 Å². The predicted octanol–water partition coefficient (Wildman–Crippen LogP) is 3.44. The first kappa shape index (κ1) is 19.6. The van der Waals surface area contributed by atoms with Crippen LogP contribution < -0.4 is 5.69 Å². The number of halogens is 4. The zero-order chi connectivity index (χ0) is 20.5. The third-order valence-corrected chi connectivity index (χ3v) is 4.07. The summed E-state index contributed by atoms with van der Waals surface area (Å²) < 4.78 is 58.3. The van der Waals surface area contributed by atoms with Crippen LogP contribution in [0.25, 0.3) is 11.6 Å². The zero-order valence-electron chi connectivity index (χ0n) is 14.6. The van der Waals surface area contributed by atoms with Crippen LogP contribution in [-0.2, 0) is 17.5 Å². The van der Waals surface area contributed by atoms with Crippen LogP contribution in [0, 0.1) is 5.82 Å². The number of hydrogen-bond acceptors (Lipinski definition) is 4. The van der Waals surface area contributed by atoms with Crippen molar-refractivity contribution < 1.29 is 27.1 Å². The molecule has 2 heterocycles. The highest BCUT2D eigenvalue weighted by Crippen LogP contribution is 2.36. The molecule has 10 heteroatoms. The van der Waals surface area contributed by atoms with Gasteiger partial charge in [0.05, 0.1) is 25.4 Å². The number of carbonyl (C=O) groups is 1. The second-order valence-electron chi connectivity index (χ2n) is 6.02. The number of amides is 1. The Morgan fingerprint density at radius 3 is 2.57 bits per heavy atom. The van der Waals surface area contributed by atoms with Crippen molar-refractivity contribution in [2.45, 2.75) is 19.6 Å². The molecule has 0 fully saturated rings. The van der Waals surface area contributed by atoms with Crippen LogP contribution in [0.2, 0.25) is 0 Å². The SMILES string of the molecule is CCOC(=O)N1CC(=Cc2ccc(F)cc2)c2nc(=O)[nH]c(C(F)(F)F)c2C1. The van der Waals surface area contributed by atoms with Crippen molar-refractivity contribution in [3.05, 3.63) is 63.1 Å². The van der Waals surface area contributed by atoms with E-state index in [2.05, 4.69) is 4.98 Å². The van der Waals surface area contributed by atoms with Crippen LogP contribution in [0.1, 0.15) is 29.4 Å². The molecular formula is C18H15F4N3O3. The molecule has 0 aliphatic carbocycles. The van der Waals surface area contributed by atoms with Gasteiger partial charge in [0, 0.05) is 5.56 Å². The Morgan fingerprint density at radius 1 is 1.29 bits per heavy atom. The second kappa shape index (κ2) is 7.45. The van der Waals surface area contributed by atoms with Crippen LogP contribution in [-0.4, -0.2) is 34.1 Å². The molecule has 0 unspecified atom stereocenters. The number of benzene rings is 1. The van der Waals surface area contributed by atoms with Crippen LogP contribution in [0.3, 0.4) is 0 Å². The van der Waals surface area contributed by atoms with Gasteiger partial charge in [-0.05, 0) is 36.3 Å². The topological polar surface area (TPSA) is 75.3 Å². The summed E-state index contributed by atoms with van der Waals surface area (Å²) in [6, 6.07) is 5.21. The first-order chi connectivity index (χ1) is 13.2. The van der Waals surface area contributed by atoms with Crippen LogP contribution in [0.4, 0.5) is 22.4 Å². The summed E-state index contributed by atoms with van der Waals surface area (Å²) in [6.07, 6.45) is -4.18. The Kier molecular flexibility index (Phi) is 5.21. The number of rotatable bonds is 2. The van der Waals surface area contributed by atoms with Crippen molar-refractivity contribution in [1.82, 2.24) is 14.9 Å². The fourth-order valence-electron chi connectivity index (χ4n) is 2.90. The lowest BCUT2D eigenvalue weighted by Gasteiger charge is -2.30. The molecule has 28 heavy (non-hydrogen) atoms. The largest absolute Gasteiger partial charge is 0.450 e. The summed E-state index contributed by atoms with van der Waals surface area (Å²) in [5.41, 5.74) is -2.22. The predicted molar refractivity (Wildman–Crippen MR) is 91.6 cm³/mol. The number of hydrogen-bond donors (Lipinski definition) is 1. The lowest BCUT2D eigenvalue weighted by atomic mass is 9.97. The van der Waals surface area contributed by atoms with Crippen molar-refractivity contribution in [2.75, 3.05) is 13.2 Å². The van der Waals surface area contributed by atoms with E-state index in [9.17, 15) is 27.2 Å². The van der Waals surface area contributed by atoms with Gasteiger partial charge in [0.2, 0.25) is 0 Å². The van der Waals surface area contributed by atoms with Crippen molar-refractivity contribution >= 4 is 17.7 Å². The highest BCUT2D eigenvalue weighted by atomic mass is 19.4. The fourth-order valence-corrected chi connectivity index (χ4v) is 2.90. The molecular weight excluding hydrogens is 382 g/mol. The first-order valence-corrected chi connectivity index (χ1v) is 8.27. The minimum atomic E-state index is -4.84. The molecule has 0 bridgehead atoms.